The molecular formula is C26H26N2O3P+. The third-order valence-corrected chi connectivity index (χ3v) is 9.94. The summed E-state index contributed by atoms with van der Waals surface area (Å²) in [5, 5.41) is 3.67. The summed E-state index contributed by atoms with van der Waals surface area (Å²) in [6.45, 7) is 2.83. The fraction of sp³-hybridized carbons (Fsp3) is 0.192. The van der Waals surface area contributed by atoms with Gasteiger partial charge in [-0.05, 0) is 36.4 Å². The summed E-state index contributed by atoms with van der Waals surface area (Å²) in [5.41, 5.74) is 0.930. The highest BCUT2D eigenvalue weighted by Gasteiger charge is 2.54. The summed E-state index contributed by atoms with van der Waals surface area (Å²) in [5.74, 6) is 0.773. The molecule has 4 aromatic rings. The lowest BCUT2D eigenvalue weighted by Gasteiger charge is -2.30. The van der Waals surface area contributed by atoms with Crippen LogP contribution >= 0.6 is 7.26 Å². The fourth-order valence-electron chi connectivity index (χ4n) is 4.33. The summed E-state index contributed by atoms with van der Waals surface area (Å²) in [4.78, 5) is 7.22. The van der Waals surface area contributed by atoms with E-state index < -0.39 is 7.26 Å². The lowest BCUT2D eigenvalue weighted by atomic mass is 10.4. The van der Waals surface area contributed by atoms with Gasteiger partial charge in [-0.25, -0.2) is 0 Å². The van der Waals surface area contributed by atoms with Crippen molar-refractivity contribution < 1.29 is 13.9 Å². The van der Waals surface area contributed by atoms with Gasteiger partial charge in [-0.1, -0.05) is 54.6 Å². The van der Waals surface area contributed by atoms with E-state index in [2.05, 4.69) is 95.9 Å². The van der Waals surface area contributed by atoms with E-state index in [4.69, 9.17) is 18.9 Å². The van der Waals surface area contributed by atoms with Gasteiger partial charge in [0, 0.05) is 13.1 Å². The molecule has 32 heavy (non-hydrogen) atoms. The van der Waals surface area contributed by atoms with Gasteiger partial charge < -0.3 is 18.8 Å². The van der Waals surface area contributed by atoms with Gasteiger partial charge in [0.1, 0.15) is 15.9 Å². The number of rotatable bonds is 6. The smallest absolute Gasteiger partial charge is 0.398 e. The van der Waals surface area contributed by atoms with E-state index in [0.29, 0.717) is 13.2 Å². The number of aromatic nitrogens is 1. The minimum Gasteiger partial charge on any atom is -0.453 e. The maximum atomic E-state index is 6.24. The number of ether oxygens (including phenoxy) is 2. The highest BCUT2D eigenvalue weighted by atomic mass is 31.2. The van der Waals surface area contributed by atoms with E-state index in [0.717, 1.165) is 24.4 Å². The number of anilines is 1. The summed E-state index contributed by atoms with van der Waals surface area (Å²) in [7, 11) is -0.766. The van der Waals surface area contributed by atoms with Crippen LogP contribution in [0.2, 0.25) is 0 Å². The second kappa shape index (κ2) is 9.15. The van der Waals surface area contributed by atoms with E-state index >= 15 is 0 Å². The van der Waals surface area contributed by atoms with Crippen LogP contribution in [0.1, 0.15) is 0 Å². The second-order valence-electron chi connectivity index (χ2n) is 7.59. The van der Waals surface area contributed by atoms with Crippen molar-refractivity contribution in [3.8, 4) is 6.08 Å². The van der Waals surface area contributed by atoms with Crippen LogP contribution in [0.3, 0.4) is 0 Å². The maximum Gasteiger partial charge on any atom is 0.398 e. The van der Waals surface area contributed by atoms with Crippen LogP contribution in [0.5, 0.6) is 6.08 Å². The van der Waals surface area contributed by atoms with E-state index in [1.165, 1.54) is 15.9 Å². The van der Waals surface area contributed by atoms with E-state index in [-0.39, 0.29) is 6.08 Å². The number of benzene rings is 3. The van der Waals surface area contributed by atoms with Crippen LogP contribution in [-0.4, -0.2) is 38.4 Å². The Balaban J connectivity index is 1.87. The van der Waals surface area contributed by atoms with Gasteiger partial charge in [0.2, 0.25) is 0 Å². The van der Waals surface area contributed by atoms with Gasteiger partial charge in [0.05, 0.1) is 20.3 Å². The SMILES string of the molecule is COc1nc([P+](c2ccccc2)(c2ccccc2)c2ccccc2)c(N2CCOCC2)o1. The van der Waals surface area contributed by atoms with E-state index in [1.807, 2.05) is 0 Å². The third-order valence-electron chi connectivity index (χ3n) is 5.79. The van der Waals surface area contributed by atoms with Crippen molar-refractivity contribution in [3.05, 3.63) is 91.0 Å². The molecule has 1 saturated heterocycles. The predicted octanol–water partition coefficient (Wildman–Crippen LogP) is 3.14. The molecule has 162 valence electrons. The Kier molecular flexibility index (Phi) is 5.93. The maximum absolute atomic E-state index is 6.24. The van der Waals surface area contributed by atoms with Crippen LogP contribution in [0.25, 0.3) is 0 Å². The van der Waals surface area contributed by atoms with Gasteiger partial charge in [0.25, 0.3) is 11.3 Å². The number of oxazole rings is 1. The Morgan fingerprint density at radius 2 is 1.22 bits per heavy atom. The Bertz CT molecular complexity index is 1050. The van der Waals surface area contributed by atoms with Crippen LogP contribution in [0.15, 0.2) is 95.4 Å². The first-order valence-corrected chi connectivity index (χ1v) is 12.6. The lowest BCUT2D eigenvalue weighted by Crippen LogP contribution is -2.44. The van der Waals surface area contributed by atoms with Crippen molar-refractivity contribution in [1.82, 2.24) is 4.98 Å². The molecule has 0 atom stereocenters. The zero-order valence-electron chi connectivity index (χ0n) is 18.1. The number of morpholine rings is 1. The molecule has 0 aliphatic carbocycles. The van der Waals surface area contributed by atoms with Crippen molar-refractivity contribution in [2.45, 2.75) is 0 Å². The normalized spacial score (nSPS) is 14.3. The number of nitrogens with zero attached hydrogens (tertiary/aromatic N) is 2. The Morgan fingerprint density at radius 3 is 1.66 bits per heavy atom. The molecule has 1 aromatic heterocycles. The Hall–Kier alpha value is -3.14. The molecule has 0 saturated carbocycles. The minimum atomic E-state index is -2.37. The molecule has 0 N–H and O–H groups in total. The summed E-state index contributed by atoms with van der Waals surface area (Å²) in [6, 6.07) is 32.0. The minimum absolute atomic E-state index is 0.286. The molecule has 6 heteroatoms. The van der Waals surface area contributed by atoms with E-state index in [9.17, 15) is 0 Å². The molecule has 1 aliphatic rings. The molecule has 0 unspecified atom stereocenters. The van der Waals surface area contributed by atoms with Crippen molar-refractivity contribution in [2.75, 3.05) is 38.3 Å². The summed E-state index contributed by atoms with van der Waals surface area (Å²) >= 11 is 0. The number of hydrogen-bond acceptors (Lipinski definition) is 5. The average molecular weight is 445 g/mol. The first-order chi connectivity index (χ1) is 15.8. The van der Waals surface area contributed by atoms with Crippen LogP contribution in [0, 0.1) is 0 Å². The molecule has 0 spiro atoms. The Labute approximate surface area is 189 Å². The van der Waals surface area contributed by atoms with Gasteiger partial charge in [0.15, 0.2) is 7.26 Å². The molecule has 5 nitrogen and oxygen atoms in total. The zero-order valence-corrected chi connectivity index (χ0v) is 18.9. The molecule has 0 bridgehead atoms. The highest BCUT2D eigenvalue weighted by Crippen LogP contribution is 2.56. The average Bonchev–Trinajstić information content (AvgIpc) is 3.32. The molecule has 0 radical (unpaired) electrons. The van der Waals surface area contributed by atoms with Crippen LogP contribution in [-0.2, 0) is 4.74 Å². The van der Waals surface area contributed by atoms with Gasteiger partial charge in [-0.3, -0.25) is 0 Å². The fourth-order valence-corrected chi connectivity index (χ4v) is 8.52. The number of hydrogen-bond donors (Lipinski definition) is 0. The molecular weight excluding hydrogens is 419 g/mol. The number of methoxy groups -OCH3 is 1. The zero-order chi connectivity index (χ0) is 21.8. The van der Waals surface area contributed by atoms with Crippen molar-refractivity contribution in [2.24, 2.45) is 0 Å². The predicted molar refractivity (Wildman–Crippen MR) is 131 cm³/mol. The third kappa shape index (κ3) is 3.58. The largest absolute Gasteiger partial charge is 0.453 e. The monoisotopic (exact) mass is 445 g/mol. The molecule has 5 rings (SSSR count). The first-order valence-electron chi connectivity index (χ1n) is 10.8. The van der Waals surface area contributed by atoms with Crippen molar-refractivity contribution >= 4 is 34.5 Å². The van der Waals surface area contributed by atoms with Crippen LogP contribution < -0.4 is 31.0 Å². The molecule has 0 amide bonds. The molecule has 1 aliphatic heterocycles. The Morgan fingerprint density at radius 1 is 0.750 bits per heavy atom. The summed E-state index contributed by atoms with van der Waals surface area (Å²) in [6.07, 6.45) is 0.286. The molecule has 3 aromatic carbocycles. The molecule has 1 fully saturated rings. The second-order valence-corrected chi connectivity index (χ2v) is 10.9. The summed E-state index contributed by atoms with van der Waals surface area (Å²) < 4.78 is 17.4. The van der Waals surface area contributed by atoms with Crippen molar-refractivity contribution in [3.63, 3.8) is 0 Å². The quantitative estimate of drug-likeness (QED) is 0.427. The topological polar surface area (TPSA) is 47.7 Å². The first kappa shape index (κ1) is 20.7. The standard InChI is InChI=1S/C26H26N2O3P/c1-29-26-27-24(25(31-26)28-17-19-30-20-18-28)32(21-11-5-2-6-12-21,22-13-7-3-8-14-22)23-15-9-4-10-16-23/h2-16H,17-20H2,1H3/q+1. The van der Waals surface area contributed by atoms with E-state index in [1.54, 1.807) is 7.11 Å². The van der Waals surface area contributed by atoms with Gasteiger partial charge >= 0.3 is 6.08 Å². The van der Waals surface area contributed by atoms with Gasteiger partial charge in [-0.15, -0.1) is 4.98 Å². The molecule has 2 heterocycles. The van der Waals surface area contributed by atoms with Gasteiger partial charge in [-0.2, -0.15) is 0 Å². The van der Waals surface area contributed by atoms with Crippen LogP contribution in [0.4, 0.5) is 5.88 Å². The highest BCUT2D eigenvalue weighted by molar-refractivity contribution is 8.01. The van der Waals surface area contributed by atoms with Crippen molar-refractivity contribution in [1.29, 1.82) is 0 Å². The lowest BCUT2D eigenvalue weighted by molar-refractivity contribution is 0.120.